The van der Waals surface area contributed by atoms with E-state index in [0.717, 1.165) is 74.0 Å². The van der Waals surface area contributed by atoms with Gasteiger partial charge >= 0.3 is 5.97 Å². The van der Waals surface area contributed by atoms with Crippen molar-refractivity contribution in [3.63, 3.8) is 0 Å². The van der Waals surface area contributed by atoms with Gasteiger partial charge < -0.3 is 18.0 Å². The summed E-state index contributed by atoms with van der Waals surface area (Å²) in [4.78, 5) is 12.4. The minimum absolute atomic E-state index is 0.182. The van der Waals surface area contributed by atoms with Crippen LogP contribution >= 0.6 is 23.5 Å². The van der Waals surface area contributed by atoms with Crippen molar-refractivity contribution < 1.29 is 57.2 Å². The van der Waals surface area contributed by atoms with E-state index in [1.54, 1.807) is 49.3 Å². The molecule has 8 aromatic carbocycles. The van der Waals surface area contributed by atoms with Crippen LogP contribution in [0, 0.1) is 23.3 Å². The fraction of sp³-hybridized carbons (Fsp3) is 0.160. The van der Waals surface area contributed by atoms with E-state index in [9.17, 15) is 39.2 Å². The van der Waals surface area contributed by atoms with Gasteiger partial charge in [0.2, 0.25) is 10.0 Å². The normalized spacial score (nSPS) is 11.3. The molecule has 486 valence electrons. The third kappa shape index (κ3) is 19.8. The molecule has 10 nitrogen and oxygen atoms in total. The van der Waals surface area contributed by atoms with E-state index in [4.69, 9.17) is 23.1 Å². The van der Waals surface area contributed by atoms with Crippen LogP contribution in [-0.2, 0) is 29.4 Å². The Kier molecular flexibility index (Phi) is 29.7. The smallest absolute Gasteiger partial charge is 0.339 e. The number of sulfonamides is 1. The molecule has 1 aliphatic rings. The summed E-state index contributed by atoms with van der Waals surface area (Å²) in [5.41, 5.74) is 12.5. The van der Waals surface area contributed by atoms with E-state index in [2.05, 4.69) is 0 Å². The Morgan fingerprint density at radius 2 is 0.667 bits per heavy atom. The van der Waals surface area contributed by atoms with Crippen molar-refractivity contribution in [1.82, 2.24) is 0 Å². The minimum Gasteiger partial charge on any atom is -0.471 e. The molecule has 0 unspecified atom stereocenters. The lowest BCUT2D eigenvalue weighted by molar-refractivity contribution is -0.133. The van der Waals surface area contributed by atoms with Crippen molar-refractivity contribution in [2.45, 2.75) is 75.0 Å². The average Bonchev–Trinajstić information content (AvgIpc) is 1.83. The predicted molar refractivity (Wildman–Crippen MR) is 373 cm³/mol. The first-order valence-electron chi connectivity index (χ1n) is 29.7. The van der Waals surface area contributed by atoms with Gasteiger partial charge in [-0.15, -0.1) is 23.5 Å². The van der Waals surface area contributed by atoms with E-state index < -0.39 is 36.4 Å². The van der Waals surface area contributed by atoms with Crippen LogP contribution in [-0.4, -0.2) is 48.2 Å². The third-order valence-corrected chi connectivity index (χ3v) is 16.9. The molecular weight excluding hydrogens is 1260 g/mol. The SMILES string of the molecule is CC.CC.CC.CC.CS(=O)(=O)c1ccc(-c2cocc2-c2ccccc2)cc1F.CSc1ccc(-c2cocc2-c2ccccc2)cc1F.CSc1ccc(C2=C(c3ccccc3)C(=O)OC2)cc1F.NS(=O)(=O)c1ccc(-c2cocc2-c2ccccc2)cc1F. The second-order valence-electron chi connectivity index (χ2n) is 18.8. The highest BCUT2D eigenvalue weighted by atomic mass is 32.2. The average molecular weight is 1340 g/mol. The molecule has 0 saturated carbocycles. The predicted octanol–water partition coefficient (Wildman–Crippen LogP) is 21.2. The van der Waals surface area contributed by atoms with Gasteiger partial charge in [-0.05, 0) is 106 Å². The summed E-state index contributed by atoms with van der Waals surface area (Å²) in [6.45, 7) is 16.2. The number of cyclic esters (lactones) is 1. The first-order valence-corrected chi connectivity index (χ1v) is 35.6. The Morgan fingerprint density at radius 1 is 0.376 bits per heavy atom. The number of halogens is 4. The summed E-state index contributed by atoms with van der Waals surface area (Å²) >= 11 is 2.76. The Bertz CT molecular complexity index is 4250. The highest BCUT2D eigenvalue weighted by Gasteiger charge is 2.28. The van der Waals surface area contributed by atoms with Gasteiger partial charge in [0.1, 0.15) is 39.7 Å². The molecule has 0 aliphatic carbocycles. The fourth-order valence-corrected chi connectivity index (χ4v) is 11.4. The molecule has 0 radical (unpaired) electrons. The van der Waals surface area contributed by atoms with E-state index in [0.29, 0.717) is 43.2 Å². The molecular formula is C75H75F4NO9S4. The molecule has 0 spiro atoms. The van der Waals surface area contributed by atoms with Crippen LogP contribution in [0.1, 0.15) is 66.5 Å². The number of ether oxygens (including phenoxy) is 1. The highest BCUT2D eigenvalue weighted by Crippen LogP contribution is 2.39. The molecule has 18 heteroatoms. The molecule has 0 bridgehead atoms. The molecule has 12 rings (SSSR count). The lowest BCUT2D eigenvalue weighted by Crippen LogP contribution is -2.13. The maximum absolute atomic E-state index is 14.1. The molecule has 93 heavy (non-hydrogen) atoms. The number of thioether (sulfide) groups is 2. The maximum atomic E-state index is 14.1. The van der Waals surface area contributed by atoms with E-state index >= 15 is 0 Å². The number of hydrogen-bond donors (Lipinski definition) is 1. The van der Waals surface area contributed by atoms with E-state index in [-0.39, 0.29) is 29.1 Å². The third-order valence-electron chi connectivity index (χ3n) is 13.3. The zero-order chi connectivity index (χ0) is 68.3. The maximum Gasteiger partial charge on any atom is 0.339 e. The summed E-state index contributed by atoms with van der Waals surface area (Å²) in [7, 11) is -7.66. The van der Waals surface area contributed by atoms with E-state index in [1.807, 2.05) is 201 Å². The van der Waals surface area contributed by atoms with Gasteiger partial charge in [-0.2, -0.15) is 0 Å². The number of furan rings is 3. The number of sulfone groups is 1. The summed E-state index contributed by atoms with van der Waals surface area (Å²) in [6.07, 6.45) is 14.2. The minimum atomic E-state index is -4.08. The number of nitrogens with two attached hydrogens (primary N) is 1. The van der Waals surface area contributed by atoms with Crippen LogP contribution in [0.3, 0.4) is 0 Å². The topological polar surface area (TPSA) is 160 Å². The van der Waals surface area contributed by atoms with Gasteiger partial charge in [0, 0.05) is 55.0 Å². The second kappa shape index (κ2) is 37.0. The molecule has 0 amide bonds. The molecule has 11 aromatic rings. The summed E-state index contributed by atoms with van der Waals surface area (Å²) in [5, 5.41) is 4.96. The van der Waals surface area contributed by atoms with Gasteiger partial charge in [0.05, 0.1) is 43.2 Å². The highest BCUT2D eigenvalue weighted by molar-refractivity contribution is 7.98. The van der Waals surface area contributed by atoms with Crippen LogP contribution in [0.4, 0.5) is 17.6 Å². The summed E-state index contributed by atoms with van der Waals surface area (Å²) in [6, 6.07) is 56.5. The molecule has 2 N–H and O–H groups in total. The Morgan fingerprint density at radius 3 is 0.978 bits per heavy atom. The number of rotatable bonds is 12. The van der Waals surface area contributed by atoms with Crippen molar-refractivity contribution in [1.29, 1.82) is 0 Å². The first-order chi connectivity index (χ1) is 44.9. The standard InChI is InChI=1S/C17H13FO3S.C17H13FO2S.C17H13FOS.C16H12FNO3S.4C2H6/c1-22(19,20)17-8-7-13(9-16(17)18)15-11-21-10-14(15)12-5-3-2-4-6-12;1-21-15-8-7-12(9-14(15)18)13-10-20-17(19)16(13)11-5-3-2-4-6-11;1-20-17-8-7-13(9-16(17)18)15-11-19-10-14(15)12-5-3-2-4-6-12;17-15-8-12(6-7-16(15)22(18,19)20)14-10-21-9-13(14)11-4-2-1-3-5-11;4*1-2/h2-11H,1H3;2-9H,10H2,1H3;2-11H,1H3;1-10H,(H2,18,19,20);4*1-2H3. The molecule has 4 heterocycles. The zero-order valence-corrected chi connectivity index (χ0v) is 56.8. The van der Waals surface area contributed by atoms with Gasteiger partial charge in [0.15, 0.2) is 9.84 Å². The number of hydrogen-bond acceptors (Lipinski definition) is 11. The summed E-state index contributed by atoms with van der Waals surface area (Å²) in [5.74, 6) is -2.49. The van der Waals surface area contributed by atoms with Crippen molar-refractivity contribution in [2.24, 2.45) is 5.14 Å². The van der Waals surface area contributed by atoms with E-state index in [1.165, 1.54) is 60.3 Å². The Hall–Kier alpha value is -8.91. The lowest BCUT2D eigenvalue weighted by atomic mass is 9.97. The quantitative estimate of drug-likeness (QED) is 0.0704. The largest absolute Gasteiger partial charge is 0.471 e. The molecule has 0 fully saturated rings. The van der Waals surface area contributed by atoms with Gasteiger partial charge in [-0.25, -0.2) is 44.3 Å². The van der Waals surface area contributed by atoms with Gasteiger partial charge in [-0.3, -0.25) is 0 Å². The Balaban J connectivity index is 0.000000217. The van der Waals surface area contributed by atoms with Crippen LogP contribution in [0.2, 0.25) is 0 Å². The second-order valence-corrected chi connectivity index (χ2v) is 24.0. The number of primary sulfonamides is 1. The van der Waals surface area contributed by atoms with Crippen molar-refractivity contribution >= 4 is 60.5 Å². The van der Waals surface area contributed by atoms with Gasteiger partial charge in [-0.1, -0.05) is 201 Å². The monoisotopic (exact) mass is 1340 g/mol. The summed E-state index contributed by atoms with van der Waals surface area (Å²) < 4.78 is 122. The number of benzene rings is 8. The van der Waals surface area contributed by atoms with Crippen LogP contribution in [0.5, 0.6) is 0 Å². The fourth-order valence-electron chi connectivity index (χ4n) is 9.17. The lowest BCUT2D eigenvalue weighted by Gasteiger charge is -2.06. The van der Waals surface area contributed by atoms with Crippen molar-refractivity contribution in [3.05, 3.63) is 266 Å². The first kappa shape index (κ1) is 74.8. The molecule has 0 atom stereocenters. The molecule has 1 aliphatic heterocycles. The molecule has 0 saturated heterocycles. The number of carbonyl (C=O) groups is 1. The van der Waals surface area contributed by atoms with Gasteiger partial charge in [0.25, 0.3) is 0 Å². The zero-order valence-electron chi connectivity index (χ0n) is 53.5. The number of esters is 1. The van der Waals surface area contributed by atoms with Crippen LogP contribution < -0.4 is 5.14 Å². The molecule has 3 aromatic heterocycles. The van der Waals surface area contributed by atoms with Crippen molar-refractivity contribution in [2.75, 3.05) is 25.4 Å². The Labute approximate surface area is 552 Å². The van der Waals surface area contributed by atoms with Crippen molar-refractivity contribution in [3.8, 4) is 66.8 Å². The van der Waals surface area contributed by atoms with Crippen LogP contribution in [0.25, 0.3) is 77.9 Å². The van der Waals surface area contributed by atoms with Crippen LogP contribution in [0.15, 0.2) is 265 Å². The number of carbonyl (C=O) groups excluding carboxylic acids is 1.